The van der Waals surface area contributed by atoms with Crippen LogP contribution in [-0.4, -0.2) is 0 Å². The van der Waals surface area contributed by atoms with E-state index >= 15 is 0 Å². The third-order valence-electron chi connectivity index (χ3n) is 2.83. The first-order chi connectivity index (χ1) is 7.79. The van der Waals surface area contributed by atoms with Gasteiger partial charge in [-0.05, 0) is 18.1 Å². The molecule has 0 aliphatic carbocycles. The van der Waals surface area contributed by atoms with E-state index in [1.807, 2.05) is 6.07 Å². The van der Waals surface area contributed by atoms with Gasteiger partial charge in [0, 0.05) is 10.5 Å². The summed E-state index contributed by atoms with van der Waals surface area (Å²) in [4.78, 5) is 0. The van der Waals surface area contributed by atoms with Crippen LogP contribution in [0.25, 0.3) is 0 Å². The van der Waals surface area contributed by atoms with Gasteiger partial charge in [0.25, 0.3) is 0 Å². The van der Waals surface area contributed by atoms with Crippen LogP contribution in [-0.2, 0) is 0 Å². The van der Waals surface area contributed by atoms with Gasteiger partial charge in [-0.3, -0.25) is 11.3 Å². The molecule has 0 aliphatic heterocycles. The highest BCUT2D eigenvalue weighted by molar-refractivity contribution is 9.10. The Bertz CT molecular complexity index is 302. The minimum Gasteiger partial charge on any atom is -0.271 e. The van der Waals surface area contributed by atoms with Crippen molar-refractivity contribution in [3.8, 4) is 0 Å². The maximum absolute atomic E-state index is 5.62. The molecule has 3 N–H and O–H groups in total. The van der Waals surface area contributed by atoms with Crippen molar-refractivity contribution in [2.24, 2.45) is 5.84 Å². The second-order valence-electron chi connectivity index (χ2n) is 4.09. The molecule has 0 fully saturated rings. The van der Waals surface area contributed by atoms with Gasteiger partial charge < -0.3 is 0 Å². The molecular weight excluding hydrogens is 264 g/mol. The van der Waals surface area contributed by atoms with Crippen LogP contribution in [0.5, 0.6) is 0 Å². The molecule has 1 unspecified atom stereocenters. The number of hydrogen-bond donors (Lipinski definition) is 2. The minimum atomic E-state index is 0.257. The van der Waals surface area contributed by atoms with Crippen LogP contribution in [0.3, 0.4) is 0 Å². The summed E-state index contributed by atoms with van der Waals surface area (Å²) in [5, 5.41) is 0. The summed E-state index contributed by atoms with van der Waals surface area (Å²) in [6.07, 6.45) is 6.20. The summed E-state index contributed by atoms with van der Waals surface area (Å²) < 4.78 is 1.13. The molecule has 1 rings (SSSR count). The quantitative estimate of drug-likeness (QED) is 0.452. The van der Waals surface area contributed by atoms with E-state index in [0.29, 0.717) is 0 Å². The van der Waals surface area contributed by atoms with Crippen molar-refractivity contribution in [3.63, 3.8) is 0 Å². The molecule has 1 aromatic rings. The summed E-state index contributed by atoms with van der Waals surface area (Å²) >= 11 is 3.56. The van der Waals surface area contributed by atoms with Crippen molar-refractivity contribution < 1.29 is 0 Å². The summed E-state index contributed by atoms with van der Waals surface area (Å²) in [5.41, 5.74) is 4.16. The van der Waals surface area contributed by atoms with Crippen LogP contribution in [0.15, 0.2) is 28.7 Å². The van der Waals surface area contributed by atoms with E-state index in [0.717, 1.165) is 10.9 Å². The Kier molecular flexibility index (Phi) is 6.69. The molecule has 0 saturated heterocycles. The number of nitrogens with two attached hydrogens (primary N) is 1. The molecule has 0 saturated carbocycles. The Balaban J connectivity index is 2.51. The molecule has 1 atom stereocenters. The number of nitrogens with one attached hydrogen (secondary N) is 1. The van der Waals surface area contributed by atoms with E-state index in [1.54, 1.807) is 0 Å². The van der Waals surface area contributed by atoms with Gasteiger partial charge in [0.15, 0.2) is 0 Å². The van der Waals surface area contributed by atoms with Crippen molar-refractivity contribution in [2.45, 2.75) is 45.1 Å². The molecule has 0 bridgehead atoms. The van der Waals surface area contributed by atoms with E-state index in [9.17, 15) is 0 Å². The summed E-state index contributed by atoms with van der Waals surface area (Å²) in [5.74, 6) is 5.62. The molecule has 90 valence electrons. The van der Waals surface area contributed by atoms with Gasteiger partial charge in [0.2, 0.25) is 0 Å². The van der Waals surface area contributed by atoms with Crippen LogP contribution in [0.2, 0.25) is 0 Å². The molecule has 0 spiro atoms. The summed E-state index contributed by atoms with van der Waals surface area (Å²) in [7, 11) is 0. The van der Waals surface area contributed by atoms with Crippen LogP contribution < -0.4 is 11.3 Å². The molecule has 0 aromatic heterocycles. The zero-order valence-corrected chi connectivity index (χ0v) is 11.5. The van der Waals surface area contributed by atoms with Gasteiger partial charge in [-0.25, -0.2) is 0 Å². The van der Waals surface area contributed by atoms with Crippen molar-refractivity contribution in [3.05, 3.63) is 34.3 Å². The van der Waals surface area contributed by atoms with Crippen LogP contribution in [0.1, 0.15) is 50.6 Å². The smallest absolute Gasteiger partial charge is 0.0471 e. The third-order valence-corrected chi connectivity index (χ3v) is 3.55. The summed E-state index contributed by atoms with van der Waals surface area (Å²) in [6, 6.07) is 8.52. The zero-order chi connectivity index (χ0) is 11.8. The van der Waals surface area contributed by atoms with Crippen molar-refractivity contribution in [1.82, 2.24) is 5.43 Å². The highest BCUT2D eigenvalue weighted by atomic mass is 79.9. The van der Waals surface area contributed by atoms with Gasteiger partial charge in [-0.15, -0.1) is 0 Å². The van der Waals surface area contributed by atoms with E-state index in [2.05, 4.69) is 46.5 Å². The monoisotopic (exact) mass is 284 g/mol. The average Bonchev–Trinajstić information content (AvgIpc) is 2.31. The molecule has 1 aromatic carbocycles. The van der Waals surface area contributed by atoms with Crippen molar-refractivity contribution in [2.75, 3.05) is 0 Å². The molecule has 0 aliphatic rings. The lowest BCUT2D eigenvalue weighted by Crippen LogP contribution is -2.28. The molecule has 16 heavy (non-hydrogen) atoms. The van der Waals surface area contributed by atoms with Crippen molar-refractivity contribution in [1.29, 1.82) is 0 Å². The first kappa shape index (κ1) is 13.7. The lowest BCUT2D eigenvalue weighted by molar-refractivity contribution is 0.480. The highest BCUT2D eigenvalue weighted by Gasteiger charge is 2.11. The minimum absolute atomic E-state index is 0.257. The molecule has 0 radical (unpaired) electrons. The fraction of sp³-hybridized carbons (Fsp3) is 0.538. The maximum atomic E-state index is 5.62. The number of rotatable bonds is 7. The average molecular weight is 285 g/mol. The number of hydrogen-bond acceptors (Lipinski definition) is 2. The molecule has 2 nitrogen and oxygen atoms in total. The van der Waals surface area contributed by atoms with Gasteiger partial charge >= 0.3 is 0 Å². The number of halogens is 1. The Labute approximate surface area is 107 Å². The SMILES string of the molecule is CCCCCCC(NN)c1ccccc1Br. The maximum Gasteiger partial charge on any atom is 0.0471 e. The number of unbranched alkanes of at least 4 members (excludes halogenated alkanes) is 3. The Morgan fingerprint density at radius 2 is 2.00 bits per heavy atom. The topological polar surface area (TPSA) is 38.0 Å². The van der Waals surface area contributed by atoms with E-state index < -0.39 is 0 Å². The zero-order valence-electron chi connectivity index (χ0n) is 9.88. The predicted molar refractivity (Wildman–Crippen MR) is 73.0 cm³/mol. The van der Waals surface area contributed by atoms with Gasteiger partial charge in [-0.2, -0.15) is 0 Å². The van der Waals surface area contributed by atoms with Crippen molar-refractivity contribution >= 4 is 15.9 Å². The summed E-state index contributed by atoms with van der Waals surface area (Å²) in [6.45, 7) is 2.23. The van der Waals surface area contributed by atoms with Crippen LogP contribution in [0, 0.1) is 0 Å². The van der Waals surface area contributed by atoms with E-state index in [1.165, 1.54) is 31.2 Å². The fourth-order valence-electron chi connectivity index (χ4n) is 1.86. The second-order valence-corrected chi connectivity index (χ2v) is 4.94. The lowest BCUT2D eigenvalue weighted by Gasteiger charge is -2.17. The Morgan fingerprint density at radius 1 is 1.25 bits per heavy atom. The normalized spacial score (nSPS) is 12.7. The Morgan fingerprint density at radius 3 is 2.62 bits per heavy atom. The number of hydrazine groups is 1. The van der Waals surface area contributed by atoms with Gasteiger partial charge in [0.05, 0.1) is 0 Å². The highest BCUT2D eigenvalue weighted by Crippen LogP contribution is 2.26. The second kappa shape index (κ2) is 7.82. The van der Waals surface area contributed by atoms with Gasteiger partial charge in [-0.1, -0.05) is 66.7 Å². The lowest BCUT2D eigenvalue weighted by atomic mass is 10.0. The molecule has 0 amide bonds. The first-order valence-corrected chi connectivity index (χ1v) is 6.79. The fourth-order valence-corrected chi connectivity index (χ4v) is 2.42. The number of benzene rings is 1. The van der Waals surface area contributed by atoms with Gasteiger partial charge in [0.1, 0.15) is 0 Å². The Hall–Kier alpha value is -0.380. The molecule has 3 heteroatoms. The van der Waals surface area contributed by atoms with Crippen LogP contribution >= 0.6 is 15.9 Å². The molecule has 0 heterocycles. The first-order valence-electron chi connectivity index (χ1n) is 6.00. The van der Waals surface area contributed by atoms with Crippen LogP contribution in [0.4, 0.5) is 0 Å². The van der Waals surface area contributed by atoms with E-state index in [-0.39, 0.29) is 6.04 Å². The standard InChI is InChI=1S/C13H21BrN2/c1-2-3-4-5-10-13(16-15)11-8-6-7-9-12(11)14/h6-9,13,16H,2-5,10,15H2,1H3. The molecular formula is C13H21BrN2. The van der Waals surface area contributed by atoms with E-state index in [4.69, 9.17) is 5.84 Å². The predicted octanol–water partition coefficient (Wildman–Crippen LogP) is 3.92. The largest absolute Gasteiger partial charge is 0.271 e. The third kappa shape index (κ3) is 4.24.